The topological polar surface area (TPSA) is 78.8 Å². The summed E-state index contributed by atoms with van der Waals surface area (Å²) in [7, 11) is 0. The number of nitrogens with zero attached hydrogens (tertiary/aromatic N) is 4. The summed E-state index contributed by atoms with van der Waals surface area (Å²) in [6, 6.07) is 4.50. The quantitative estimate of drug-likeness (QED) is 0.532. The number of hydrogen-bond donors (Lipinski definition) is 1. The molecule has 2 aromatic rings. The third-order valence-electron chi connectivity index (χ3n) is 8.21. The predicted molar refractivity (Wildman–Crippen MR) is 131 cm³/mol. The number of alkyl halides is 3. The second-order valence-electron chi connectivity index (χ2n) is 10.8. The number of aliphatic hydroxyl groups excluding tert-OH is 1. The first kappa shape index (κ1) is 26.8. The summed E-state index contributed by atoms with van der Waals surface area (Å²) in [4.78, 5) is 24.3. The van der Waals surface area contributed by atoms with Crippen LogP contribution >= 0.6 is 0 Å². The van der Waals surface area contributed by atoms with Crippen LogP contribution in [0.4, 0.5) is 17.6 Å². The highest BCUT2D eigenvalue weighted by molar-refractivity contribution is 5.95. The molecule has 206 valence electrons. The molecule has 2 aliphatic heterocycles. The van der Waals surface area contributed by atoms with Crippen LogP contribution in [0.2, 0.25) is 0 Å². The predicted octanol–water partition coefficient (Wildman–Crippen LogP) is 4.31. The zero-order valence-corrected chi connectivity index (χ0v) is 21.1. The van der Waals surface area contributed by atoms with Gasteiger partial charge in [-0.3, -0.25) is 4.79 Å². The van der Waals surface area contributed by atoms with Gasteiger partial charge in [0.15, 0.2) is 0 Å². The number of likely N-dealkylation sites (tertiary alicyclic amines) is 2. The van der Waals surface area contributed by atoms with E-state index >= 15 is 0 Å². The number of carbonyl (C=O) groups excluding carboxylic acids is 1. The molecule has 1 N–H and O–H groups in total. The number of amides is 1. The molecule has 3 fully saturated rings. The smallest absolute Gasteiger partial charge is 0.395 e. The molecule has 1 aromatic carbocycles. The Balaban J connectivity index is 1.11. The van der Waals surface area contributed by atoms with Crippen molar-refractivity contribution in [2.45, 2.75) is 50.8 Å². The van der Waals surface area contributed by atoms with E-state index in [1.54, 1.807) is 6.07 Å². The number of rotatable bonds is 7. The zero-order valence-electron chi connectivity index (χ0n) is 21.1. The summed E-state index contributed by atoms with van der Waals surface area (Å²) < 4.78 is 60.9. The molecular formula is C27H32F4N4O3. The molecule has 7 nitrogen and oxygen atoms in total. The minimum absolute atomic E-state index is 0.0453. The number of aromatic nitrogens is 2. The molecule has 0 radical (unpaired) electrons. The van der Waals surface area contributed by atoms with Crippen molar-refractivity contribution in [3.8, 4) is 17.1 Å². The maximum Gasteiger partial charge on any atom is 0.395 e. The molecule has 1 amide bonds. The van der Waals surface area contributed by atoms with E-state index in [1.165, 1.54) is 29.4 Å². The minimum Gasteiger partial charge on any atom is -0.463 e. The van der Waals surface area contributed by atoms with E-state index in [-0.39, 0.29) is 43.4 Å². The lowest BCUT2D eigenvalue weighted by Gasteiger charge is -2.47. The molecule has 1 aliphatic carbocycles. The number of carbonyl (C=O) groups is 1. The first-order valence-corrected chi connectivity index (χ1v) is 13.1. The summed E-state index contributed by atoms with van der Waals surface area (Å²) >= 11 is 0. The first-order valence-electron chi connectivity index (χ1n) is 13.1. The van der Waals surface area contributed by atoms with Gasteiger partial charge >= 0.3 is 12.2 Å². The van der Waals surface area contributed by atoms with Crippen LogP contribution in [-0.4, -0.2) is 82.4 Å². The van der Waals surface area contributed by atoms with Crippen LogP contribution in [0.3, 0.4) is 0 Å². The SMILES string of the molecule is O=C(c1ccc(-c2cnc(OCC3CCN(CC4(C(F)(F)F)CCC4)CC3)nc2)cc1F)N1CC[C@H](O)C1. The molecule has 2 saturated heterocycles. The Morgan fingerprint density at radius 2 is 1.79 bits per heavy atom. The highest BCUT2D eigenvalue weighted by atomic mass is 19.4. The summed E-state index contributed by atoms with van der Waals surface area (Å²) in [6.07, 6.45) is 1.43. The van der Waals surface area contributed by atoms with Crippen LogP contribution in [0.5, 0.6) is 6.01 Å². The molecule has 0 bridgehead atoms. The number of piperidine rings is 1. The fraction of sp³-hybridized carbons (Fsp3) is 0.593. The summed E-state index contributed by atoms with van der Waals surface area (Å²) in [5, 5.41) is 9.63. The number of benzene rings is 1. The number of ether oxygens (including phenoxy) is 1. The van der Waals surface area contributed by atoms with E-state index in [9.17, 15) is 27.5 Å². The Labute approximate surface area is 218 Å². The maximum absolute atomic E-state index is 14.7. The fourth-order valence-electron chi connectivity index (χ4n) is 5.57. The van der Waals surface area contributed by atoms with Crippen LogP contribution in [0.1, 0.15) is 48.9 Å². The van der Waals surface area contributed by atoms with E-state index in [0.717, 1.165) is 12.8 Å². The number of halogens is 4. The highest BCUT2D eigenvalue weighted by Gasteiger charge is 2.58. The van der Waals surface area contributed by atoms with E-state index in [0.29, 0.717) is 50.2 Å². The standard InChI is InChI=1S/C27H32F4N4O3/c28-23-12-19(2-3-22(23)24(37)35-11-6-21(36)15-35)20-13-32-25(33-14-20)38-16-18-4-9-34(10-5-18)17-26(7-1-8-26)27(29,30)31/h2-3,12-14,18,21,36H,1,4-11,15-17H2/t21-/m0/s1. The second-order valence-corrected chi connectivity index (χ2v) is 10.8. The van der Waals surface area contributed by atoms with Crippen molar-refractivity contribution in [2.75, 3.05) is 39.3 Å². The van der Waals surface area contributed by atoms with E-state index < -0.39 is 29.4 Å². The van der Waals surface area contributed by atoms with Crippen molar-refractivity contribution < 1.29 is 32.2 Å². The van der Waals surface area contributed by atoms with Gasteiger partial charge in [0.05, 0.1) is 23.7 Å². The van der Waals surface area contributed by atoms with Gasteiger partial charge in [-0.1, -0.05) is 12.5 Å². The van der Waals surface area contributed by atoms with Gasteiger partial charge in [0.1, 0.15) is 5.82 Å². The van der Waals surface area contributed by atoms with Crippen molar-refractivity contribution in [3.05, 3.63) is 42.0 Å². The van der Waals surface area contributed by atoms with Gasteiger partial charge in [-0.05, 0) is 68.8 Å². The van der Waals surface area contributed by atoms with Gasteiger partial charge in [-0.15, -0.1) is 0 Å². The average molecular weight is 537 g/mol. The number of aliphatic hydroxyl groups is 1. The molecule has 5 rings (SSSR count). The van der Waals surface area contributed by atoms with Gasteiger partial charge in [0.2, 0.25) is 0 Å². The van der Waals surface area contributed by atoms with E-state index in [2.05, 4.69) is 9.97 Å². The van der Waals surface area contributed by atoms with Gasteiger partial charge < -0.3 is 19.6 Å². The lowest BCUT2D eigenvalue weighted by Crippen LogP contribution is -2.53. The van der Waals surface area contributed by atoms with Gasteiger partial charge in [-0.25, -0.2) is 14.4 Å². The molecule has 3 aliphatic rings. The summed E-state index contributed by atoms with van der Waals surface area (Å²) in [6.45, 7) is 2.31. The van der Waals surface area contributed by atoms with Crippen LogP contribution in [0.25, 0.3) is 11.1 Å². The third-order valence-corrected chi connectivity index (χ3v) is 8.21. The molecule has 38 heavy (non-hydrogen) atoms. The Kier molecular flexibility index (Phi) is 7.59. The molecular weight excluding hydrogens is 504 g/mol. The van der Waals surface area contributed by atoms with Gasteiger partial charge in [0, 0.05) is 37.6 Å². The van der Waals surface area contributed by atoms with Gasteiger partial charge in [0.25, 0.3) is 5.91 Å². The Morgan fingerprint density at radius 1 is 1.08 bits per heavy atom. The lowest BCUT2D eigenvalue weighted by molar-refractivity contribution is -0.256. The van der Waals surface area contributed by atoms with Crippen molar-refractivity contribution in [1.29, 1.82) is 0 Å². The summed E-state index contributed by atoms with van der Waals surface area (Å²) in [5.74, 6) is -0.882. The lowest BCUT2D eigenvalue weighted by atomic mass is 9.67. The molecule has 11 heteroatoms. The largest absolute Gasteiger partial charge is 0.463 e. The molecule has 0 spiro atoms. The van der Waals surface area contributed by atoms with Gasteiger partial charge in [-0.2, -0.15) is 13.2 Å². The van der Waals surface area contributed by atoms with Crippen LogP contribution < -0.4 is 4.74 Å². The van der Waals surface area contributed by atoms with E-state index in [1.807, 2.05) is 4.90 Å². The third kappa shape index (κ3) is 5.63. The fourth-order valence-corrected chi connectivity index (χ4v) is 5.57. The van der Waals surface area contributed by atoms with Crippen molar-refractivity contribution in [3.63, 3.8) is 0 Å². The molecule has 1 atom stereocenters. The monoisotopic (exact) mass is 536 g/mol. The van der Waals surface area contributed by atoms with Crippen LogP contribution in [0, 0.1) is 17.2 Å². The average Bonchev–Trinajstić information content (AvgIpc) is 3.31. The molecule has 0 unspecified atom stereocenters. The normalized spacial score (nSPS) is 22.3. The zero-order chi connectivity index (χ0) is 26.9. The van der Waals surface area contributed by atoms with Crippen molar-refractivity contribution >= 4 is 5.91 Å². The molecule has 3 heterocycles. The summed E-state index contributed by atoms with van der Waals surface area (Å²) in [5.41, 5.74) is -0.490. The molecule has 1 saturated carbocycles. The number of β-amino-alcohol motifs (C(OH)–C–C–N with tert-alkyl or cyclic N) is 1. The number of hydrogen-bond acceptors (Lipinski definition) is 6. The highest BCUT2D eigenvalue weighted by Crippen LogP contribution is 2.53. The van der Waals surface area contributed by atoms with Crippen molar-refractivity contribution in [1.82, 2.24) is 19.8 Å². The Bertz CT molecular complexity index is 1130. The molecule has 1 aromatic heterocycles. The van der Waals surface area contributed by atoms with Crippen LogP contribution in [-0.2, 0) is 0 Å². The Morgan fingerprint density at radius 3 is 2.34 bits per heavy atom. The maximum atomic E-state index is 14.7. The Hall–Kier alpha value is -2.79. The minimum atomic E-state index is -4.14. The van der Waals surface area contributed by atoms with E-state index in [4.69, 9.17) is 4.74 Å². The first-order chi connectivity index (χ1) is 18.1. The second kappa shape index (κ2) is 10.8. The van der Waals surface area contributed by atoms with Crippen molar-refractivity contribution in [2.24, 2.45) is 11.3 Å². The van der Waals surface area contributed by atoms with Crippen LogP contribution in [0.15, 0.2) is 30.6 Å².